The Morgan fingerprint density at radius 3 is 2.06 bits per heavy atom. The molecular formula is C26H27NO6. The highest BCUT2D eigenvalue weighted by molar-refractivity contribution is 6.05. The third-order valence-corrected chi connectivity index (χ3v) is 6.61. The van der Waals surface area contributed by atoms with Crippen LogP contribution in [0.2, 0.25) is 0 Å². The maximum Gasteiger partial charge on any atom is 0.231 e. The van der Waals surface area contributed by atoms with Gasteiger partial charge in [0.05, 0.1) is 31.0 Å². The van der Waals surface area contributed by atoms with Crippen molar-refractivity contribution in [2.24, 2.45) is 17.8 Å². The smallest absolute Gasteiger partial charge is 0.231 e. The Morgan fingerprint density at radius 2 is 1.45 bits per heavy atom. The second-order valence-corrected chi connectivity index (χ2v) is 8.60. The van der Waals surface area contributed by atoms with Crippen molar-refractivity contribution in [1.82, 2.24) is 5.32 Å². The van der Waals surface area contributed by atoms with Crippen LogP contribution in [0.5, 0.6) is 0 Å². The molecule has 3 aliphatic rings. The number of carbonyl (C=O) groups is 2. The number of nitrogens with one attached hydrogen (secondary N) is 1. The van der Waals surface area contributed by atoms with Crippen LogP contribution in [0.4, 0.5) is 0 Å². The molecule has 1 N–H and O–H groups in total. The molecule has 0 saturated carbocycles. The summed E-state index contributed by atoms with van der Waals surface area (Å²) in [5.41, 5.74) is 2.01. The number of methoxy groups -OCH3 is 1. The Balaban J connectivity index is 1.46. The summed E-state index contributed by atoms with van der Waals surface area (Å²) in [6, 6.07) is 19.6. The van der Waals surface area contributed by atoms with Crippen molar-refractivity contribution in [3.05, 3.63) is 83.6 Å². The van der Waals surface area contributed by atoms with Crippen molar-refractivity contribution < 1.29 is 28.5 Å². The number of amides is 2. The highest BCUT2D eigenvalue weighted by atomic mass is 16.7. The number of hydrogen-bond donors (Lipinski definition) is 1. The van der Waals surface area contributed by atoms with Gasteiger partial charge in [0.25, 0.3) is 0 Å². The second-order valence-electron chi connectivity index (χ2n) is 8.60. The fraction of sp³-hybridized carbons (Fsp3) is 0.385. The summed E-state index contributed by atoms with van der Waals surface area (Å²) < 4.78 is 24.6. The van der Waals surface area contributed by atoms with Crippen molar-refractivity contribution >= 4 is 11.8 Å². The number of fused-ring (bicyclic) bond motifs is 3. The van der Waals surface area contributed by atoms with E-state index in [0.29, 0.717) is 25.4 Å². The van der Waals surface area contributed by atoms with Crippen LogP contribution in [-0.4, -0.2) is 37.4 Å². The molecule has 2 aromatic rings. The van der Waals surface area contributed by atoms with Crippen LogP contribution in [-0.2, 0) is 41.8 Å². The van der Waals surface area contributed by atoms with Gasteiger partial charge in [-0.1, -0.05) is 60.7 Å². The van der Waals surface area contributed by atoms with Crippen LogP contribution in [0.1, 0.15) is 17.5 Å². The van der Waals surface area contributed by atoms with E-state index < -0.39 is 36.3 Å². The van der Waals surface area contributed by atoms with Crippen LogP contribution in [0.25, 0.3) is 0 Å². The summed E-state index contributed by atoms with van der Waals surface area (Å²) in [7, 11) is 1.57. The summed E-state index contributed by atoms with van der Waals surface area (Å²) in [6.45, 7) is 0.675. The molecule has 172 valence electrons. The maximum atomic E-state index is 12.8. The van der Waals surface area contributed by atoms with Gasteiger partial charge in [0.2, 0.25) is 18.1 Å². The summed E-state index contributed by atoms with van der Waals surface area (Å²) in [4.78, 5) is 25.2. The number of carbonyl (C=O) groups excluding carboxylic acids is 2. The molecule has 7 nitrogen and oxygen atoms in total. The molecule has 0 aromatic heterocycles. The Hall–Kier alpha value is -3.00. The molecule has 0 spiro atoms. The van der Waals surface area contributed by atoms with Gasteiger partial charge in [-0.3, -0.25) is 14.9 Å². The molecule has 0 bridgehead atoms. The summed E-state index contributed by atoms with van der Waals surface area (Å²) in [5.74, 6) is -1.31. The van der Waals surface area contributed by atoms with Crippen molar-refractivity contribution in [3.63, 3.8) is 0 Å². The zero-order valence-corrected chi connectivity index (χ0v) is 18.4. The average Bonchev–Trinajstić information content (AvgIpc) is 3.15. The summed E-state index contributed by atoms with van der Waals surface area (Å²) in [6.07, 6.45) is 0.508. The van der Waals surface area contributed by atoms with Gasteiger partial charge in [-0.25, -0.2) is 0 Å². The SMILES string of the molecule is COC1OC2=CCC3C(=O)NC(=O)C3C2[C@H](OCc2ccccc2)C1OCc1ccccc1. The Kier molecular flexibility index (Phi) is 6.26. The molecule has 1 aliphatic carbocycles. The topological polar surface area (TPSA) is 83.1 Å². The number of imide groups is 1. The van der Waals surface area contributed by atoms with E-state index in [1.54, 1.807) is 7.11 Å². The first kappa shape index (κ1) is 21.8. The Morgan fingerprint density at radius 1 is 0.848 bits per heavy atom. The van der Waals surface area contributed by atoms with Crippen LogP contribution in [0.3, 0.4) is 0 Å². The van der Waals surface area contributed by atoms with Crippen LogP contribution in [0.15, 0.2) is 72.5 Å². The molecular weight excluding hydrogens is 422 g/mol. The van der Waals surface area contributed by atoms with Gasteiger partial charge < -0.3 is 18.9 Å². The van der Waals surface area contributed by atoms with Gasteiger partial charge in [-0.2, -0.15) is 0 Å². The number of rotatable bonds is 7. The van der Waals surface area contributed by atoms with Gasteiger partial charge in [-0.05, 0) is 23.6 Å². The van der Waals surface area contributed by atoms with Gasteiger partial charge in [0.1, 0.15) is 18.0 Å². The zero-order valence-electron chi connectivity index (χ0n) is 18.4. The molecule has 2 amide bonds. The lowest BCUT2D eigenvalue weighted by atomic mass is 9.71. The predicted octanol–water partition coefficient (Wildman–Crippen LogP) is 2.95. The highest BCUT2D eigenvalue weighted by Crippen LogP contribution is 2.46. The summed E-state index contributed by atoms with van der Waals surface area (Å²) in [5, 5.41) is 2.49. The van der Waals surface area contributed by atoms with Crippen molar-refractivity contribution in [3.8, 4) is 0 Å². The number of benzene rings is 2. The number of allylic oxidation sites excluding steroid dienone is 1. The minimum Gasteiger partial charge on any atom is -0.466 e. The fourth-order valence-corrected chi connectivity index (χ4v) is 5.01. The van der Waals surface area contributed by atoms with E-state index in [2.05, 4.69) is 5.32 Å². The lowest BCUT2D eigenvalue weighted by Gasteiger charge is -2.46. The quantitative estimate of drug-likeness (QED) is 0.655. The largest absolute Gasteiger partial charge is 0.466 e. The molecule has 2 heterocycles. The third-order valence-electron chi connectivity index (χ3n) is 6.61. The molecule has 2 saturated heterocycles. The van der Waals surface area contributed by atoms with E-state index in [0.717, 1.165) is 11.1 Å². The monoisotopic (exact) mass is 449 g/mol. The molecule has 5 unspecified atom stereocenters. The van der Waals surface area contributed by atoms with E-state index in [1.807, 2.05) is 66.7 Å². The molecule has 2 aliphatic heterocycles. The van der Waals surface area contributed by atoms with Crippen molar-refractivity contribution in [1.29, 1.82) is 0 Å². The first-order chi connectivity index (χ1) is 16.2. The molecule has 2 fully saturated rings. The minimum atomic E-state index is -0.700. The lowest BCUT2D eigenvalue weighted by molar-refractivity contribution is -0.260. The predicted molar refractivity (Wildman–Crippen MR) is 118 cm³/mol. The normalized spacial score (nSPS) is 30.6. The van der Waals surface area contributed by atoms with Crippen LogP contribution < -0.4 is 5.32 Å². The lowest BCUT2D eigenvalue weighted by Crippen LogP contribution is -2.56. The number of hydrogen-bond acceptors (Lipinski definition) is 6. The van der Waals surface area contributed by atoms with E-state index in [9.17, 15) is 9.59 Å². The first-order valence-corrected chi connectivity index (χ1v) is 11.2. The van der Waals surface area contributed by atoms with E-state index in [1.165, 1.54) is 0 Å². The second kappa shape index (κ2) is 9.47. The van der Waals surface area contributed by atoms with Crippen LogP contribution in [0, 0.1) is 17.8 Å². The van der Waals surface area contributed by atoms with Gasteiger partial charge in [0.15, 0.2) is 0 Å². The van der Waals surface area contributed by atoms with E-state index in [-0.39, 0.29) is 11.8 Å². The minimum absolute atomic E-state index is 0.238. The average molecular weight is 450 g/mol. The maximum absolute atomic E-state index is 12.8. The van der Waals surface area contributed by atoms with Crippen molar-refractivity contribution in [2.75, 3.05) is 7.11 Å². The molecule has 0 radical (unpaired) electrons. The zero-order chi connectivity index (χ0) is 22.8. The summed E-state index contributed by atoms with van der Waals surface area (Å²) >= 11 is 0. The van der Waals surface area contributed by atoms with Gasteiger partial charge in [-0.15, -0.1) is 0 Å². The molecule has 5 rings (SSSR count). The highest BCUT2D eigenvalue weighted by Gasteiger charge is 2.57. The van der Waals surface area contributed by atoms with Crippen LogP contribution >= 0.6 is 0 Å². The number of ether oxygens (including phenoxy) is 4. The van der Waals surface area contributed by atoms with Gasteiger partial charge >= 0.3 is 0 Å². The Bertz CT molecular complexity index is 1020. The van der Waals surface area contributed by atoms with E-state index >= 15 is 0 Å². The molecule has 6 atom stereocenters. The molecule has 2 aromatic carbocycles. The molecule has 7 heteroatoms. The molecule has 33 heavy (non-hydrogen) atoms. The third kappa shape index (κ3) is 4.31. The first-order valence-electron chi connectivity index (χ1n) is 11.2. The fourth-order valence-electron chi connectivity index (χ4n) is 5.01. The Labute approximate surface area is 192 Å². The van der Waals surface area contributed by atoms with E-state index in [4.69, 9.17) is 18.9 Å². The standard InChI is InChI=1S/C26H27NO6/c1-30-26-23(32-15-17-10-6-3-7-11-17)22(31-14-16-8-4-2-5-9-16)21-19(33-26)13-12-18-20(21)25(29)27-24(18)28/h2-11,13,18,20-23,26H,12,14-15H2,1H3,(H,27,28,29)/t18?,20?,21?,22-,23?,26?/m0/s1. The van der Waals surface area contributed by atoms with Crippen molar-refractivity contribution in [2.45, 2.75) is 38.1 Å². The van der Waals surface area contributed by atoms with Gasteiger partial charge in [0, 0.05) is 7.11 Å².